The first-order valence-corrected chi connectivity index (χ1v) is 11.3. The van der Waals surface area contributed by atoms with E-state index in [2.05, 4.69) is 9.71 Å². The van der Waals surface area contributed by atoms with E-state index >= 15 is 0 Å². The fourth-order valence-corrected chi connectivity index (χ4v) is 4.91. The first-order chi connectivity index (χ1) is 14.4. The van der Waals surface area contributed by atoms with Crippen LogP contribution >= 0.6 is 11.3 Å². The molecule has 0 radical (unpaired) electrons. The number of ether oxygens (including phenoxy) is 2. The predicted molar refractivity (Wildman–Crippen MR) is 119 cm³/mol. The van der Waals surface area contributed by atoms with Gasteiger partial charge in [0.1, 0.15) is 16.4 Å². The number of para-hydroxylation sites is 1. The summed E-state index contributed by atoms with van der Waals surface area (Å²) in [7, 11) is -2.47. The van der Waals surface area contributed by atoms with Crippen LogP contribution in [0.5, 0.6) is 17.2 Å². The number of aromatic nitrogens is 1. The number of hydrogen-bond acceptors (Lipinski definition) is 7. The van der Waals surface area contributed by atoms with Gasteiger partial charge in [0.2, 0.25) is 0 Å². The third-order valence-electron chi connectivity index (χ3n) is 4.34. The van der Waals surface area contributed by atoms with Crippen molar-refractivity contribution in [2.24, 2.45) is 0 Å². The highest BCUT2D eigenvalue weighted by Crippen LogP contribution is 2.35. The molecule has 0 atom stereocenters. The number of hydrogen-bond donors (Lipinski definition) is 2. The summed E-state index contributed by atoms with van der Waals surface area (Å²) < 4.78 is 40.7. The van der Waals surface area contributed by atoms with Gasteiger partial charge in [0.25, 0.3) is 10.0 Å². The van der Waals surface area contributed by atoms with Crippen molar-refractivity contribution in [2.75, 3.05) is 17.6 Å². The second-order valence-corrected chi connectivity index (χ2v) is 9.25. The van der Waals surface area contributed by atoms with E-state index < -0.39 is 10.0 Å². The van der Waals surface area contributed by atoms with Gasteiger partial charge in [-0.25, -0.2) is 13.4 Å². The number of anilines is 2. The van der Waals surface area contributed by atoms with Crippen LogP contribution in [-0.2, 0) is 10.0 Å². The molecule has 1 heterocycles. The summed E-state index contributed by atoms with van der Waals surface area (Å²) in [5, 5.41) is 0.475. The predicted octanol–water partition coefficient (Wildman–Crippen LogP) is 4.79. The molecule has 0 aliphatic carbocycles. The number of fused-ring (bicyclic) bond motifs is 1. The Hall–Kier alpha value is -3.30. The van der Waals surface area contributed by atoms with E-state index in [1.165, 1.54) is 24.5 Å². The summed E-state index contributed by atoms with van der Waals surface area (Å²) in [4.78, 5) is 4.30. The quantitative estimate of drug-likeness (QED) is 0.446. The first-order valence-electron chi connectivity index (χ1n) is 8.96. The van der Waals surface area contributed by atoms with Crippen LogP contribution in [0.1, 0.15) is 5.56 Å². The van der Waals surface area contributed by atoms with Crippen LogP contribution in [0, 0.1) is 6.92 Å². The van der Waals surface area contributed by atoms with Crippen LogP contribution in [0.2, 0.25) is 0 Å². The van der Waals surface area contributed by atoms with Crippen molar-refractivity contribution in [1.82, 2.24) is 4.98 Å². The largest absolute Gasteiger partial charge is 0.495 e. The van der Waals surface area contributed by atoms with Crippen LogP contribution in [0.4, 0.5) is 10.8 Å². The van der Waals surface area contributed by atoms with Gasteiger partial charge < -0.3 is 15.2 Å². The molecule has 0 saturated heterocycles. The Morgan fingerprint density at radius 1 is 1.03 bits per heavy atom. The van der Waals surface area contributed by atoms with Gasteiger partial charge in [-0.1, -0.05) is 29.5 Å². The number of aryl methyl sites for hydroxylation is 1. The Morgan fingerprint density at radius 3 is 2.63 bits per heavy atom. The molecule has 0 spiro atoms. The lowest BCUT2D eigenvalue weighted by molar-refractivity contribution is 0.403. The minimum absolute atomic E-state index is 0.0402. The number of methoxy groups -OCH3 is 1. The van der Waals surface area contributed by atoms with Crippen molar-refractivity contribution < 1.29 is 17.9 Å². The van der Waals surface area contributed by atoms with Crippen molar-refractivity contribution in [3.63, 3.8) is 0 Å². The molecule has 0 amide bonds. The lowest BCUT2D eigenvalue weighted by atomic mass is 10.2. The zero-order chi connectivity index (χ0) is 21.3. The van der Waals surface area contributed by atoms with Gasteiger partial charge in [0.05, 0.1) is 23.0 Å². The number of sulfonamides is 1. The van der Waals surface area contributed by atoms with E-state index in [1.54, 1.807) is 48.5 Å². The topological polar surface area (TPSA) is 104 Å². The highest BCUT2D eigenvalue weighted by molar-refractivity contribution is 7.92. The zero-order valence-electron chi connectivity index (χ0n) is 16.2. The number of nitrogen functional groups attached to an aromatic ring is 1. The molecule has 30 heavy (non-hydrogen) atoms. The fraction of sp³-hybridized carbons (Fsp3) is 0.0952. The summed E-state index contributed by atoms with van der Waals surface area (Å²) in [6.07, 6.45) is 0. The molecule has 4 rings (SSSR count). The van der Waals surface area contributed by atoms with E-state index in [0.29, 0.717) is 22.3 Å². The highest BCUT2D eigenvalue weighted by Gasteiger charge is 2.21. The number of nitrogens with two attached hydrogens (primary N) is 1. The molecule has 0 aliphatic heterocycles. The van der Waals surface area contributed by atoms with Gasteiger partial charge in [-0.3, -0.25) is 4.72 Å². The van der Waals surface area contributed by atoms with Crippen molar-refractivity contribution >= 4 is 42.4 Å². The Morgan fingerprint density at radius 2 is 1.83 bits per heavy atom. The van der Waals surface area contributed by atoms with Gasteiger partial charge in [0.15, 0.2) is 10.9 Å². The molecule has 4 aromatic rings. The van der Waals surface area contributed by atoms with Crippen LogP contribution in [0.25, 0.3) is 10.2 Å². The van der Waals surface area contributed by atoms with Crippen LogP contribution in [0.15, 0.2) is 65.6 Å². The first kappa shape index (κ1) is 20.0. The van der Waals surface area contributed by atoms with Crippen molar-refractivity contribution in [2.45, 2.75) is 11.8 Å². The minimum atomic E-state index is -3.90. The Kier molecular flexibility index (Phi) is 5.23. The summed E-state index contributed by atoms with van der Waals surface area (Å²) >= 11 is 1.39. The fourth-order valence-electron chi connectivity index (χ4n) is 2.95. The molecule has 0 saturated carbocycles. The molecule has 0 unspecified atom stereocenters. The van der Waals surface area contributed by atoms with E-state index in [9.17, 15) is 8.42 Å². The number of benzene rings is 3. The lowest BCUT2D eigenvalue weighted by Crippen LogP contribution is -2.14. The Balaban J connectivity index is 1.69. The molecule has 7 nitrogen and oxygen atoms in total. The van der Waals surface area contributed by atoms with Crippen LogP contribution in [-0.4, -0.2) is 20.5 Å². The smallest absolute Gasteiger partial charge is 0.265 e. The summed E-state index contributed by atoms with van der Waals surface area (Å²) in [6, 6.07) is 17.1. The summed E-state index contributed by atoms with van der Waals surface area (Å²) in [5.41, 5.74) is 7.72. The van der Waals surface area contributed by atoms with Crippen LogP contribution in [0.3, 0.4) is 0 Å². The highest BCUT2D eigenvalue weighted by atomic mass is 32.2. The second-order valence-electron chi connectivity index (χ2n) is 6.54. The average Bonchev–Trinajstić information content (AvgIpc) is 3.09. The standard InChI is InChI=1S/C21H19N3O4S2/c1-13-7-9-15(24-30(25,26)20-6-4-3-5-17(20)27-2)18(11-13)28-14-8-10-19-16(12-14)23-21(22)29-19/h3-12,24H,1-2H3,(H2,22,23). The molecule has 3 N–H and O–H groups in total. The van der Waals surface area contributed by atoms with E-state index in [-0.39, 0.29) is 10.6 Å². The molecule has 1 aromatic heterocycles. The zero-order valence-corrected chi connectivity index (χ0v) is 17.9. The summed E-state index contributed by atoms with van der Waals surface area (Å²) in [5.74, 6) is 1.15. The van der Waals surface area contributed by atoms with Crippen molar-refractivity contribution in [3.05, 3.63) is 66.2 Å². The van der Waals surface area contributed by atoms with Gasteiger partial charge in [-0.05, 0) is 48.9 Å². The van der Waals surface area contributed by atoms with Gasteiger partial charge >= 0.3 is 0 Å². The maximum absolute atomic E-state index is 13.0. The SMILES string of the molecule is COc1ccccc1S(=O)(=O)Nc1ccc(C)cc1Oc1ccc2sc(N)nc2c1. The average molecular weight is 442 g/mol. The third-order valence-corrected chi connectivity index (χ3v) is 6.61. The number of nitrogens with zero attached hydrogens (tertiary/aromatic N) is 1. The van der Waals surface area contributed by atoms with E-state index in [4.69, 9.17) is 15.2 Å². The van der Waals surface area contributed by atoms with Gasteiger partial charge in [0, 0.05) is 6.07 Å². The number of thiazole rings is 1. The van der Waals surface area contributed by atoms with Gasteiger partial charge in [-0.15, -0.1) is 0 Å². The third kappa shape index (κ3) is 4.03. The second kappa shape index (κ2) is 7.85. The van der Waals surface area contributed by atoms with Crippen molar-refractivity contribution in [1.29, 1.82) is 0 Å². The van der Waals surface area contributed by atoms with Crippen LogP contribution < -0.4 is 19.9 Å². The number of nitrogens with one attached hydrogen (secondary N) is 1. The molecule has 3 aromatic carbocycles. The maximum atomic E-state index is 13.0. The monoisotopic (exact) mass is 441 g/mol. The maximum Gasteiger partial charge on any atom is 0.265 e. The molecule has 0 aliphatic rings. The summed E-state index contributed by atoms with van der Waals surface area (Å²) in [6.45, 7) is 1.90. The molecule has 0 bridgehead atoms. The normalized spacial score (nSPS) is 11.4. The van der Waals surface area contributed by atoms with E-state index in [0.717, 1.165) is 15.8 Å². The van der Waals surface area contributed by atoms with Crippen molar-refractivity contribution in [3.8, 4) is 17.2 Å². The molecular weight excluding hydrogens is 422 g/mol. The Bertz CT molecular complexity index is 1330. The molecule has 9 heteroatoms. The molecule has 0 fully saturated rings. The molecular formula is C21H19N3O4S2. The minimum Gasteiger partial charge on any atom is -0.495 e. The lowest BCUT2D eigenvalue weighted by Gasteiger charge is -2.15. The Labute approximate surface area is 178 Å². The van der Waals surface area contributed by atoms with Gasteiger partial charge in [-0.2, -0.15) is 0 Å². The number of rotatable bonds is 6. The molecule has 154 valence electrons. The van der Waals surface area contributed by atoms with E-state index in [1.807, 2.05) is 13.0 Å².